The van der Waals surface area contributed by atoms with Crippen LogP contribution in [-0.4, -0.2) is 8.42 Å². The zero-order valence-electron chi connectivity index (χ0n) is 9.60. The van der Waals surface area contributed by atoms with Crippen LogP contribution in [0.15, 0.2) is 47.4 Å². The van der Waals surface area contributed by atoms with E-state index >= 15 is 0 Å². The van der Waals surface area contributed by atoms with E-state index in [-0.39, 0.29) is 20.6 Å². The molecular weight excluding hydrogens is 307 g/mol. The summed E-state index contributed by atoms with van der Waals surface area (Å²) in [6, 6.07) is 10.7. The molecule has 100 valence electrons. The highest BCUT2D eigenvalue weighted by Crippen LogP contribution is 2.31. The van der Waals surface area contributed by atoms with Gasteiger partial charge in [0.1, 0.15) is 0 Å². The van der Waals surface area contributed by atoms with Gasteiger partial charge >= 0.3 is 0 Å². The van der Waals surface area contributed by atoms with Gasteiger partial charge in [-0.05, 0) is 30.3 Å². The van der Waals surface area contributed by atoms with Crippen molar-refractivity contribution in [2.45, 2.75) is 4.90 Å². The predicted molar refractivity (Wildman–Crippen MR) is 78.1 cm³/mol. The highest BCUT2D eigenvalue weighted by Gasteiger charge is 2.17. The maximum Gasteiger partial charge on any atom is 0.262 e. The smallest absolute Gasteiger partial charge is 0.262 e. The van der Waals surface area contributed by atoms with Crippen LogP contribution >= 0.6 is 23.2 Å². The van der Waals surface area contributed by atoms with Crippen LogP contribution in [0, 0.1) is 0 Å². The average Bonchev–Trinajstić information content (AvgIpc) is 2.34. The van der Waals surface area contributed by atoms with E-state index in [0.29, 0.717) is 5.69 Å². The van der Waals surface area contributed by atoms with Gasteiger partial charge in [-0.2, -0.15) is 0 Å². The van der Waals surface area contributed by atoms with Gasteiger partial charge in [0.05, 0.1) is 20.6 Å². The van der Waals surface area contributed by atoms with E-state index in [4.69, 9.17) is 28.9 Å². The monoisotopic (exact) mass is 316 g/mol. The molecule has 0 aliphatic rings. The van der Waals surface area contributed by atoms with Crippen molar-refractivity contribution in [1.82, 2.24) is 0 Å². The topological polar surface area (TPSA) is 72.2 Å². The number of halogens is 2. The van der Waals surface area contributed by atoms with E-state index in [1.54, 1.807) is 30.3 Å². The summed E-state index contributed by atoms with van der Waals surface area (Å²) in [7, 11) is -3.78. The molecule has 4 nitrogen and oxygen atoms in total. The van der Waals surface area contributed by atoms with Crippen LogP contribution in [0.3, 0.4) is 0 Å². The molecule has 2 aromatic rings. The SMILES string of the molecule is Nc1cccc(S(=O)(=O)Nc2c(Cl)cccc2Cl)c1. The van der Waals surface area contributed by atoms with Crippen molar-refractivity contribution in [3.8, 4) is 0 Å². The van der Waals surface area contributed by atoms with Crippen molar-refractivity contribution in [2.24, 2.45) is 0 Å². The molecule has 19 heavy (non-hydrogen) atoms. The Morgan fingerprint density at radius 3 is 2.16 bits per heavy atom. The summed E-state index contributed by atoms with van der Waals surface area (Å²) in [5, 5.41) is 0.444. The molecule has 0 aliphatic carbocycles. The summed E-state index contributed by atoms with van der Waals surface area (Å²) < 4.78 is 26.7. The maximum absolute atomic E-state index is 12.2. The van der Waals surface area contributed by atoms with Gasteiger partial charge < -0.3 is 5.73 Å². The van der Waals surface area contributed by atoms with Crippen molar-refractivity contribution in [3.63, 3.8) is 0 Å². The number of hydrogen-bond acceptors (Lipinski definition) is 3. The van der Waals surface area contributed by atoms with Crippen LogP contribution < -0.4 is 10.5 Å². The van der Waals surface area contributed by atoms with Crippen molar-refractivity contribution in [2.75, 3.05) is 10.5 Å². The molecular formula is C12H10Cl2N2O2S. The number of para-hydroxylation sites is 1. The van der Waals surface area contributed by atoms with Crippen molar-refractivity contribution < 1.29 is 8.42 Å². The lowest BCUT2D eigenvalue weighted by atomic mass is 10.3. The molecule has 0 unspecified atom stereocenters. The van der Waals surface area contributed by atoms with Crippen LogP contribution in [0.25, 0.3) is 0 Å². The zero-order valence-corrected chi connectivity index (χ0v) is 11.9. The third kappa shape index (κ3) is 3.12. The highest BCUT2D eigenvalue weighted by molar-refractivity contribution is 7.92. The maximum atomic E-state index is 12.2. The first-order chi connectivity index (χ1) is 8.90. The van der Waals surface area contributed by atoms with Gasteiger partial charge in [0.15, 0.2) is 0 Å². The van der Waals surface area contributed by atoms with E-state index < -0.39 is 10.0 Å². The van der Waals surface area contributed by atoms with E-state index in [2.05, 4.69) is 4.72 Å². The third-order valence-corrected chi connectivity index (χ3v) is 4.34. The molecule has 0 bridgehead atoms. The molecule has 0 aromatic heterocycles. The van der Waals surface area contributed by atoms with Gasteiger partial charge in [-0.25, -0.2) is 8.42 Å². The van der Waals surface area contributed by atoms with E-state index in [0.717, 1.165) is 0 Å². The van der Waals surface area contributed by atoms with Gasteiger partial charge in [0.2, 0.25) is 0 Å². The Labute approximate surface area is 121 Å². The molecule has 2 rings (SSSR count). The number of hydrogen-bond donors (Lipinski definition) is 2. The standard InChI is InChI=1S/C12H10Cl2N2O2S/c13-10-5-2-6-11(14)12(10)16-19(17,18)9-4-1-3-8(15)7-9/h1-7,16H,15H2. The minimum absolute atomic E-state index is 0.0449. The first-order valence-corrected chi connectivity index (χ1v) is 7.46. The van der Waals surface area contributed by atoms with Gasteiger partial charge in [0, 0.05) is 5.69 Å². The molecule has 2 aromatic carbocycles. The van der Waals surface area contributed by atoms with Gasteiger partial charge in [-0.3, -0.25) is 4.72 Å². The van der Waals surface area contributed by atoms with Gasteiger partial charge in [-0.15, -0.1) is 0 Å². The minimum Gasteiger partial charge on any atom is -0.399 e. The lowest BCUT2D eigenvalue weighted by Gasteiger charge is -2.11. The molecule has 3 N–H and O–H groups in total. The quantitative estimate of drug-likeness (QED) is 0.853. The van der Waals surface area contributed by atoms with Gasteiger partial charge in [0.25, 0.3) is 10.0 Å². The second-order valence-electron chi connectivity index (χ2n) is 3.77. The fourth-order valence-corrected chi connectivity index (χ4v) is 3.23. The number of anilines is 2. The molecule has 7 heteroatoms. The molecule has 0 atom stereocenters. The van der Waals surface area contributed by atoms with Crippen molar-refractivity contribution in [1.29, 1.82) is 0 Å². The van der Waals surface area contributed by atoms with Crippen LogP contribution in [0.1, 0.15) is 0 Å². The fraction of sp³-hybridized carbons (Fsp3) is 0. The number of nitrogen functional groups attached to an aromatic ring is 1. The Kier molecular flexibility index (Phi) is 3.89. The van der Waals surface area contributed by atoms with Crippen molar-refractivity contribution in [3.05, 3.63) is 52.5 Å². The zero-order chi connectivity index (χ0) is 14.0. The molecule has 0 fully saturated rings. The average molecular weight is 317 g/mol. The summed E-state index contributed by atoms with van der Waals surface area (Å²) in [6.45, 7) is 0. The Balaban J connectivity index is 2.42. The Morgan fingerprint density at radius 1 is 1.00 bits per heavy atom. The molecule has 0 spiro atoms. The van der Waals surface area contributed by atoms with Crippen LogP contribution in [0.4, 0.5) is 11.4 Å². The van der Waals surface area contributed by atoms with Crippen LogP contribution in [-0.2, 0) is 10.0 Å². The predicted octanol–water partition coefficient (Wildman–Crippen LogP) is 3.38. The lowest BCUT2D eigenvalue weighted by Crippen LogP contribution is -2.13. The summed E-state index contributed by atoms with van der Waals surface area (Å²) in [5.74, 6) is 0. The Morgan fingerprint density at radius 2 is 1.58 bits per heavy atom. The molecule has 0 heterocycles. The highest BCUT2D eigenvalue weighted by atomic mass is 35.5. The van der Waals surface area contributed by atoms with E-state index in [1.165, 1.54) is 12.1 Å². The first-order valence-electron chi connectivity index (χ1n) is 5.22. The second kappa shape index (κ2) is 5.28. The van der Waals surface area contributed by atoms with Crippen molar-refractivity contribution >= 4 is 44.6 Å². The lowest BCUT2D eigenvalue weighted by molar-refractivity contribution is 0.601. The molecule has 0 radical (unpaired) electrons. The number of sulfonamides is 1. The first kappa shape index (κ1) is 14.0. The van der Waals surface area contributed by atoms with E-state index in [1.807, 2.05) is 0 Å². The fourth-order valence-electron chi connectivity index (χ4n) is 1.47. The van der Waals surface area contributed by atoms with Gasteiger partial charge in [-0.1, -0.05) is 35.3 Å². The number of benzene rings is 2. The normalized spacial score (nSPS) is 11.3. The van der Waals surface area contributed by atoms with Crippen LogP contribution in [0.5, 0.6) is 0 Å². The molecule has 0 aliphatic heterocycles. The summed E-state index contributed by atoms with van der Waals surface area (Å²) >= 11 is 11.8. The summed E-state index contributed by atoms with van der Waals surface area (Å²) in [6.07, 6.45) is 0. The number of nitrogens with two attached hydrogens (primary N) is 1. The second-order valence-corrected chi connectivity index (χ2v) is 6.27. The number of nitrogens with one attached hydrogen (secondary N) is 1. The summed E-state index contributed by atoms with van der Waals surface area (Å²) in [4.78, 5) is 0.0449. The summed E-state index contributed by atoms with van der Waals surface area (Å²) in [5.41, 5.74) is 6.07. The molecule has 0 saturated heterocycles. The third-order valence-electron chi connectivity index (χ3n) is 2.37. The largest absolute Gasteiger partial charge is 0.399 e. The number of rotatable bonds is 3. The van der Waals surface area contributed by atoms with E-state index in [9.17, 15) is 8.42 Å². The molecule has 0 amide bonds. The minimum atomic E-state index is -3.78. The molecule has 0 saturated carbocycles. The Bertz CT molecular complexity index is 697. The Hall–Kier alpha value is -1.43. The van der Waals surface area contributed by atoms with Crippen LogP contribution in [0.2, 0.25) is 10.0 Å².